The van der Waals surface area contributed by atoms with Gasteiger partial charge in [-0.05, 0) is 17.5 Å². The molecule has 0 aromatic heterocycles. The molecule has 3 amide bonds. The zero-order valence-electron chi connectivity index (χ0n) is 16.0. The lowest BCUT2D eigenvalue weighted by Crippen LogP contribution is -2.50. The van der Waals surface area contributed by atoms with E-state index >= 15 is 0 Å². The fourth-order valence-electron chi connectivity index (χ4n) is 3.07. The first-order chi connectivity index (χ1) is 14.1. The Morgan fingerprint density at radius 3 is 2.28 bits per heavy atom. The molecular formula is C21H25N5O3. The number of hydrazine groups is 2. The van der Waals surface area contributed by atoms with E-state index in [-0.39, 0.29) is 43.1 Å². The maximum atomic E-state index is 12.2. The Labute approximate surface area is 169 Å². The first-order valence-corrected chi connectivity index (χ1v) is 9.57. The van der Waals surface area contributed by atoms with E-state index in [2.05, 4.69) is 27.0 Å². The quantitative estimate of drug-likeness (QED) is 0.438. The third-order valence-corrected chi connectivity index (χ3v) is 4.63. The molecule has 0 bridgehead atoms. The molecule has 0 aliphatic carbocycles. The van der Waals surface area contributed by atoms with Gasteiger partial charge in [0.05, 0.1) is 6.42 Å². The van der Waals surface area contributed by atoms with Crippen LogP contribution in [0.15, 0.2) is 60.7 Å². The van der Waals surface area contributed by atoms with Crippen LogP contribution in [0.1, 0.15) is 30.0 Å². The SMILES string of the molecule is O=C(Cc1ccccc1)NCCC(=O)NNC(=O)C1CC(c2ccccc2)NN1. The summed E-state index contributed by atoms with van der Waals surface area (Å²) in [4.78, 5) is 35.9. The van der Waals surface area contributed by atoms with E-state index in [9.17, 15) is 14.4 Å². The molecule has 1 aliphatic rings. The average Bonchev–Trinajstić information content (AvgIpc) is 3.24. The first-order valence-electron chi connectivity index (χ1n) is 9.57. The van der Waals surface area contributed by atoms with Gasteiger partial charge in [-0.3, -0.25) is 25.2 Å². The Morgan fingerprint density at radius 2 is 1.55 bits per heavy atom. The summed E-state index contributed by atoms with van der Waals surface area (Å²) in [5.74, 6) is -0.845. The van der Waals surface area contributed by atoms with Crippen molar-refractivity contribution < 1.29 is 14.4 Å². The van der Waals surface area contributed by atoms with Crippen LogP contribution in [0.2, 0.25) is 0 Å². The second kappa shape index (κ2) is 10.4. The highest BCUT2D eigenvalue weighted by Gasteiger charge is 2.30. The third kappa shape index (κ3) is 6.41. The monoisotopic (exact) mass is 395 g/mol. The molecule has 0 saturated carbocycles. The Hall–Kier alpha value is -3.23. The number of nitrogens with one attached hydrogen (secondary N) is 5. The van der Waals surface area contributed by atoms with Crippen molar-refractivity contribution in [1.82, 2.24) is 27.0 Å². The minimum absolute atomic E-state index is 0.0301. The van der Waals surface area contributed by atoms with Gasteiger partial charge in [-0.25, -0.2) is 10.9 Å². The lowest BCUT2D eigenvalue weighted by atomic mass is 10.0. The number of hydrogen-bond acceptors (Lipinski definition) is 5. The zero-order chi connectivity index (χ0) is 20.5. The molecule has 0 spiro atoms. The highest BCUT2D eigenvalue weighted by atomic mass is 16.2. The van der Waals surface area contributed by atoms with Crippen LogP contribution in [-0.4, -0.2) is 30.3 Å². The average molecular weight is 395 g/mol. The summed E-state index contributed by atoms with van der Waals surface area (Å²) in [5, 5.41) is 2.69. The van der Waals surface area contributed by atoms with Crippen molar-refractivity contribution in [3.63, 3.8) is 0 Å². The number of carbonyl (C=O) groups is 3. The number of rotatable bonds is 7. The van der Waals surface area contributed by atoms with E-state index < -0.39 is 6.04 Å². The van der Waals surface area contributed by atoms with E-state index in [1.54, 1.807) is 0 Å². The fourth-order valence-corrected chi connectivity index (χ4v) is 3.07. The molecule has 8 nitrogen and oxygen atoms in total. The van der Waals surface area contributed by atoms with E-state index in [1.807, 2.05) is 60.7 Å². The molecule has 1 heterocycles. The Balaban J connectivity index is 1.31. The predicted octanol–water partition coefficient (Wildman–Crippen LogP) is 0.491. The molecule has 2 atom stereocenters. The normalized spacial score (nSPS) is 18.1. The molecule has 2 aromatic rings. The van der Waals surface area contributed by atoms with Gasteiger partial charge in [0.25, 0.3) is 5.91 Å². The number of benzene rings is 2. The molecule has 3 rings (SSSR count). The van der Waals surface area contributed by atoms with Gasteiger partial charge in [-0.15, -0.1) is 0 Å². The summed E-state index contributed by atoms with van der Waals surface area (Å²) >= 11 is 0. The Morgan fingerprint density at radius 1 is 0.862 bits per heavy atom. The van der Waals surface area contributed by atoms with E-state index in [0.29, 0.717) is 6.42 Å². The number of carbonyl (C=O) groups excluding carboxylic acids is 3. The van der Waals surface area contributed by atoms with Crippen LogP contribution in [0.5, 0.6) is 0 Å². The first kappa shape index (κ1) is 20.5. The Kier molecular flexibility index (Phi) is 7.32. The van der Waals surface area contributed by atoms with Crippen molar-refractivity contribution in [1.29, 1.82) is 0 Å². The molecular weight excluding hydrogens is 370 g/mol. The predicted molar refractivity (Wildman–Crippen MR) is 108 cm³/mol. The van der Waals surface area contributed by atoms with Crippen molar-refractivity contribution in [3.8, 4) is 0 Å². The molecule has 2 unspecified atom stereocenters. The van der Waals surface area contributed by atoms with Crippen LogP contribution in [-0.2, 0) is 20.8 Å². The second-order valence-corrected chi connectivity index (χ2v) is 6.84. The molecule has 1 aliphatic heterocycles. The zero-order valence-corrected chi connectivity index (χ0v) is 16.0. The van der Waals surface area contributed by atoms with E-state index in [1.165, 1.54) is 0 Å². The van der Waals surface area contributed by atoms with Crippen LogP contribution in [0.25, 0.3) is 0 Å². The summed E-state index contributed by atoms with van der Waals surface area (Å²) in [7, 11) is 0. The number of hydrogen-bond donors (Lipinski definition) is 5. The van der Waals surface area contributed by atoms with Crippen LogP contribution < -0.4 is 27.0 Å². The lowest BCUT2D eigenvalue weighted by molar-refractivity contribution is -0.130. The smallest absolute Gasteiger partial charge is 0.256 e. The third-order valence-electron chi connectivity index (χ3n) is 4.63. The lowest BCUT2D eigenvalue weighted by Gasteiger charge is -2.12. The van der Waals surface area contributed by atoms with Crippen molar-refractivity contribution in [2.75, 3.05) is 6.54 Å². The van der Waals surface area contributed by atoms with Crippen molar-refractivity contribution >= 4 is 17.7 Å². The van der Waals surface area contributed by atoms with Crippen molar-refractivity contribution in [2.45, 2.75) is 31.3 Å². The maximum Gasteiger partial charge on any atom is 0.256 e. The molecule has 29 heavy (non-hydrogen) atoms. The summed E-state index contributed by atoms with van der Waals surface area (Å²) < 4.78 is 0. The maximum absolute atomic E-state index is 12.2. The fraction of sp³-hybridized carbons (Fsp3) is 0.286. The van der Waals surface area contributed by atoms with E-state index in [4.69, 9.17) is 0 Å². The summed E-state index contributed by atoms with van der Waals surface area (Å²) in [6.07, 6.45) is 0.910. The van der Waals surface area contributed by atoms with Crippen molar-refractivity contribution in [3.05, 3.63) is 71.8 Å². The van der Waals surface area contributed by atoms with Gasteiger partial charge in [0.2, 0.25) is 11.8 Å². The molecule has 1 saturated heterocycles. The van der Waals surface area contributed by atoms with Gasteiger partial charge in [0.15, 0.2) is 0 Å². The summed E-state index contributed by atoms with van der Waals surface area (Å²) in [6.45, 7) is 0.201. The van der Waals surface area contributed by atoms with Crippen LogP contribution >= 0.6 is 0 Å². The number of amides is 3. The minimum Gasteiger partial charge on any atom is -0.355 e. The molecule has 5 N–H and O–H groups in total. The largest absolute Gasteiger partial charge is 0.355 e. The standard InChI is InChI=1S/C21H25N5O3/c27-19(11-12-22-20(28)13-15-7-3-1-4-8-15)25-26-21(29)18-14-17(23-24-18)16-9-5-2-6-10-16/h1-10,17-18,23-24H,11-14H2,(H,22,28)(H,25,27)(H,26,29). The molecule has 0 radical (unpaired) electrons. The molecule has 2 aromatic carbocycles. The van der Waals surface area contributed by atoms with Gasteiger partial charge in [0, 0.05) is 19.0 Å². The van der Waals surface area contributed by atoms with Crippen LogP contribution in [0.3, 0.4) is 0 Å². The van der Waals surface area contributed by atoms with Gasteiger partial charge >= 0.3 is 0 Å². The minimum atomic E-state index is -0.453. The summed E-state index contributed by atoms with van der Waals surface area (Å²) in [6, 6.07) is 18.8. The van der Waals surface area contributed by atoms with Crippen molar-refractivity contribution in [2.24, 2.45) is 0 Å². The van der Waals surface area contributed by atoms with Gasteiger partial charge in [0.1, 0.15) is 6.04 Å². The van der Waals surface area contributed by atoms with Gasteiger partial charge in [-0.1, -0.05) is 60.7 Å². The second-order valence-electron chi connectivity index (χ2n) is 6.84. The highest BCUT2D eigenvalue weighted by molar-refractivity contribution is 5.86. The van der Waals surface area contributed by atoms with Gasteiger partial charge < -0.3 is 5.32 Å². The molecule has 1 fully saturated rings. The topological polar surface area (TPSA) is 111 Å². The molecule has 8 heteroatoms. The van der Waals surface area contributed by atoms with Gasteiger partial charge in [-0.2, -0.15) is 0 Å². The van der Waals surface area contributed by atoms with Crippen LogP contribution in [0, 0.1) is 0 Å². The van der Waals surface area contributed by atoms with E-state index in [0.717, 1.165) is 11.1 Å². The highest BCUT2D eigenvalue weighted by Crippen LogP contribution is 2.21. The summed E-state index contributed by atoms with van der Waals surface area (Å²) in [5.41, 5.74) is 12.8. The molecule has 152 valence electrons. The Bertz CT molecular complexity index is 829. The van der Waals surface area contributed by atoms with Crippen LogP contribution in [0.4, 0.5) is 0 Å².